The second-order valence-electron chi connectivity index (χ2n) is 3.03. The van der Waals surface area contributed by atoms with Gasteiger partial charge in [0.15, 0.2) is 0 Å². The van der Waals surface area contributed by atoms with E-state index in [4.69, 9.17) is 19.8 Å². The first kappa shape index (κ1) is 15.6. The van der Waals surface area contributed by atoms with Crippen molar-refractivity contribution >= 4 is 23.3 Å². The number of thiophene rings is 1. The summed E-state index contributed by atoms with van der Waals surface area (Å²) in [6.45, 7) is 0.860. The van der Waals surface area contributed by atoms with E-state index in [2.05, 4.69) is 5.32 Å². The van der Waals surface area contributed by atoms with Crippen LogP contribution in [-0.4, -0.2) is 40.9 Å². The van der Waals surface area contributed by atoms with Crippen LogP contribution in [0.3, 0.4) is 0 Å². The highest BCUT2D eigenvalue weighted by Gasteiger charge is 2.06. The van der Waals surface area contributed by atoms with Crippen LogP contribution in [-0.2, 0) is 9.59 Å². The van der Waals surface area contributed by atoms with E-state index < -0.39 is 11.9 Å². The molecule has 0 aliphatic carbocycles. The van der Waals surface area contributed by atoms with E-state index in [1.807, 2.05) is 24.6 Å². The molecule has 0 saturated heterocycles. The highest BCUT2D eigenvalue weighted by Crippen LogP contribution is 2.20. The number of carboxylic acid groups (broad SMARTS) is 2. The third-order valence-corrected chi connectivity index (χ3v) is 2.70. The van der Waals surface area contributed by atoms with Crippen molar-refractivity contribution < 1.29 is 24.9 Å². The lowest BCUT2D eigenvalue weighted by Crippen LogP contribution is -2.11. The molecule has 1 heterocycles. The Labute approximate surface area is 103 Å². The molecular weight excluding hydrogens is 246 g/mol. The van der Waals surface area contributed by atoms with Crippen LogP contribution < -0.4 is 5.32 Å². The second-order valence-corrected chi connectivity index (χ2v) is 4.01. The molecule has 1 aromatic rings. The van der Waals surface area contributed by atoms with Crippen molar-refractivity contribution in [3.05, 3.63) is 22.4 Å². The van der Waals surface area contributed by atoms with E-state index in [0.717, 1.165) is 17.8 Å². The summed E-state index contributed by atoms with van der Waals surface area (Å²) < 4.78 is 0. The van der Waals surface area contributed by atoms with Crippen molar-refractivity contribution in [2.75, 3.05) is 13.6 Å². The molecule has 0 amide bonds. The van der Waals surface area contributed by atoms with Crippen LogP contribution in [0.15, 0.2) is 17.5 Å². The molecule has 0 bridgehead atoms. The van der Waals surface area contributed by atoms with Crippen LogP contribution >= 0.6 is 11.3 Å². The minimum absolute atomic E-state index is 0.289. The largest absolute Gasteiger partial charge is 0.473 e. The van der Waals surface area contributed by atoms with Gasteiger partial charge in [-0.15, -0.1) is 11.3 Å². The third kappa shape index (κ3) is 7.45. The molecule has 1 atom stereocenters. The van der Waals surface area contributed by atoms with E-state index in [1.165, 1.54) is 0 Å². The number of carboxylic acids is 2. The normalized spacial score (nSPS) is 11.2. The molecule has 4 N–H and O–H groups in total. The van der Waals surface area contributed by atoms with Crippen LogP contribution in [0.5, 0.6) is 0 Å². The smallest absolute Gasteiger partial charge is 0.414 e. The van der Waals surface area contributed by atoms with Crippen LogP contribution in [0.4, 0.5) is 0 Å². The molecular formula is C10H15NO5S. The van der Waals surface area contributed by atoms with Gasteiger partial charge in [-0.05, 0) is 31.5 Å². The average molecular weight is 261 g/mol. The lowest BCUT2D eigenvalue weighted by atomic mass is 10.2. The number of hydrogen-bond acceptors (Lipinski definition) is 5. The van der Waals surface area contributed by atoms with Crippen molar-refractivity contribution in [1.82, 2.24) is 5.32 Å². The number of aliphatic hydroxyl groups excluding tert-OH is 1. The van der Waals surface area contributed by atoms with Gasteiger partial charge in [-0.3, -0.25) is 0 Å². The highest BCUT2D eigenvalue weighted by molar-refractivity contribution is 7.10. The van der Waals surface area contributed by atoms with Gasteiger partial charge in [0.05, 0.1) is 6.10 Å². The van der Waals surface area contributed by atoms with Gasteiger partial charge in [0.1, 0.15) is 0 Å². The number of rotatable bonds is 4. The van der Waals surface area contributed by atoms with Crippen LogP contribution in [0.2, 0.25) is 0 Å². The molecule has 1 rings (SSSR count). The topological polar surface area (TPSA) is 107 Å². The maximum absolute atomic E-state index is 9.51. The van der Waals surface area contributed by atoms with Crippen molar-refractivity contribution in [2.24, 2.45) is 0 Å². The number of aliphatic hydroxyl groups is 1. The van der Waals surface area contributed by atoms with Crippen molar-refractivity contribution in [3.63, 3.8) is 0 Å². The van der Waals surface area contributed by atoms with Crippen molar-refractivity contribution in [2.45, 2.75) is 12.5 Å². The molecule has 96 valence electrons. The summed E-state index contributed by atoms with van der Waals surface area (Å²) >= 11 is 1.60. The summed E-state index contributed by atoms with van der Waals surface area (Å²) in [7, 11) is 1.89. The monoisotopic (exact) mass is 261 g/mol. The SMILES string of the molecule is CNCCC(O)c1cccs1.O=C(O)C(=O)O. The van der Waals surface area contributed by atoms with E-state index in [1.54, 1.807) is 11.3 Å². The molecule has 1 unspecified atom stereocenters. The summed E-state index contributed by atoms with van der Waals surface area (Å²) in [6.07, 6.45) is 0.499. The summed E-state index contributed by atoms with van der Waals surface area (Å²) in [6, 6.07) is 3.92. The first-order valence-electron chi connectivity index (χ1n) is 4.81. The maximum Gasteiger partial charge on any atom is 0.414 e. The highest BCUT2D eigenvalue weighted by atomic mass is 32.1. The predicted molar refractivity (Wildman–Crippen MR) is 63.1 cm³/mol. The Morgan fingerprint density at radius 1 is 1.41 bits per heavy atom. The van der Waals surface area contributed by atoms with Gasteiger partial charge in [0.2, 0.25) is 0 Å². The first-order valence-corrected chi connectivity index (χ1v) is 5.69. The summed E-state index contributed by atoms with van der Waals surface area (Å²) in [5.74, 6) is -3.65. The number of carbonyl (C=O) groups is 2. The predicted octanol–water partition coefficient (Wildman–Crippen LogP) is 0.547. The fraction of sp³-hybridized carbons (Fsp3) is 0.400. The molecule has 0 saturated carbocycles. The fourth-order valence-electron chi connectivity index (χ4n) is 0.904. The molecule has 0 radical (unpaired) electrons. The molecule has 0 aliphatic heterocycles. The molecule has 1 aromatic heterocycles. The Kier molecular flexibility index (Phi) is 7.95. The minimum atomic E-state index is -1.82. The molecule has 17 heavy (non-hydrogen) atoms. The zero-order valence-corrected chi connectivity index (χ0v) is 10.1. The van der Waals surface area contributed by atoms with Gasteiger partial charge < -0.3 is 20.6 Å². The number of hydrogen-bond donors (Lipinski definition) is 4. The van der Waals surface area contributed by atoms with E-state index >= 15 is 0 Å². The molecule has 6 nitrogen and oxygen atoms in total. The van der Waals surface area contributed by atoms with Gasteiger partial charge in [-0.2, -0.15) is 0 Å². The lowest BCUT2D eigenvalue weighted by molar-refractivity contribution is -0.159. The zero-order valence-electron chi connectivity index (χ0n) is 9.29. The average Bonchev–Trinajstić information content (AvgIpc) is 2.80. The first-order chi connectivity index (χ1) is 7.99. The zero-order chi connectivity index (χ0) is 13.3. The van der Waals surface area contributed by atoms with Gasteiger partial charge in [0, 0.05) is 4.88 Å². The van der Waals surface area contributed by atoms with Crippen LogP contribution in [0.1, 0.15) is 17.4 Å². The Morgan fingerprint density at radius 3 is 2.35 bits per heavy atom. The molecule has 0 spiro atoms. The third-order valence-electron chi connectivity index (χ3n) is 1.72. The molecule has 0 fully saturated rings. The maximum atomic E-state index is 9.51. The van der Waals surface area contributed by atoms with Crippen molar-refractivity contribution in [3.8, 4) is 0 Å². The van der Waals surface area contributed by atoms with Gasteiger partial charge >= 0.3 is 11.9 Å². The van der Waals surface area contributed by atoms with E-state index in [0.29, 0.717) is 0 Å². The molecule has 7 heteroatoms. The Balaban J connectivity index is 0.000000366. The second kappa shape index (κ2) is 8.68. The lowest BCUT2D eigenvalue weighted by Gasteiger charge is -2.06. The van der Waals surface area contributed by atoms with Crippen molar-refractivity contribution in [1.29, 1.82) is 0 Å². The summed E-state index contributed by atoms with van der Waals surface area (Å²) in [5.41, 5.74) is 0. The standard InChI is InChI=1S/C8H13NOS.C2H2O4/c1-9-5-4-7(10)8-3-2-6-11-8;3-1(4)2(5)6/h2-3,6-7,9-10H,4-5H2,1H3;(H,3,4)(H,5,6). The van der Waals surface area contributed by atoms with Crippen LogP contribution in [0, 0.1) is 0 Å². The number of aliphatic carboxylic acids is 2. The Bertz CT molecular complexity index is 326. The van der Waals surface area contributed by atoms with Crippen LogP contribution in [0.25, 0.3) is 0 Å². The summed E-state index contributed by atoms with van der Waals surface area (Å²) in [5, 5.41) is 29.3. The molecule has 0 aliphatic rings. The minimum Gasteiger partial charge on any atom is -0.473 e. The molecule has 0 aromatic carbocycles. The Hall–Kier alpha value is -1.44. The van der Waals surface area contributed by atoms with Gasteiger partial charge in [-0.1, -0.05) is 6.07 Å². The number of nitrogens with one attached hydrogen (secondary N) is 1. The van der Waals surface area contributed by atoms with E-state index in [-0.39, 0.29) is 6.10 Å². The fourth-order valence-corrected chi connectivity index (χ4v) is 1.65. The summed E-state index contributed by atoms with van der Waals surface area (Å²) in [4.78, 5) is 19.3. The van der Waals surface area contributed by atoms with E-state index in [9.17, 15) is 5.11 Å². The quantitative estimate of drug-likeness (QED) is 0.590. The van der Waals surface area contributed by atoms with Gasteiger partial charge in [-0.25, -0.2) is 9.59 Å². The van der Waals surface area contributed by atoms with Gasteiger partial charge in [0.25, 0.3) is 0 Å². The Morgan fingerprint density at radius 2 is 2.00 bits per heavy atom.